The second-order valence-electron chi connectivity index (χ2n) is 4.19. The van der Waals surface area contributed by atoms with E-state index in [1.165, 1.54) is 4.88 Å². The molecule has 1 N–H and O–H groups in total. The quantitative estimate of drug-likeness (QED) is 0.933. The number of aliphatic hydroxyl groups is 1. The van der Waals surface area contributed by atoms with Gasteiger partial charge in [-0.2, -0.15) is 0 Å². The number of anilines is 1. The van der Waals surface area contributed by atoms with Gasteiger partial charge in [0, 0.05) is 18.1 Å². The predicted octanol–water partition coefficient (Wildman–Crippen LogP) is 3.49. The molecule has 0 fully saturated rings. The van der Waals surface area contributed by atoms with Gasteiger partial charge in [0.25, 0.3) is 0 Å². The number of hydrogen-bond acceptors (Lipinski definition) is 4. The molecule has 2 aromatic heterocycles. The Kier molecular flexibility index (Phi) is 4.22. The molecule has 2 aromatic rings. The normalized spacial score (nSPS) is 12.4. The molecule has 0 radical (unpaired) electrons. The lowest BCUT2D eigenvalue weighted by atomic mass is 10.2. The van der Waals surface area contributed by atoms with Crippen LogP contribution in [0.5, 0.6) is 0 Å². The van der Waals surface area contributed by atoms with E-state index < -0.39 is 6.10 Å². The Morgan fingerprint density at radius 2 is 2.17 bits per heavy atom. The molecule has 1 atom stereocenters. The number of aromatic nitrogens is 1. The Morgan fingerprint density at radius 1 is 1.39 bits per heavy atom. The highest BCUT2D eigenvalue weighted by Gasteiger charge is 2.07. The molecule has 2 heterocycles. The van der Waals surface area contributed by atoms with Gasteiger partial charge in [0.05, 0.1) is 17.0 Å². The molecule has 96 valence electrons. The topological polar surface area (TPSA) is 36.4 Å². The van der Waals surface area contributed by atoms with E-state index in [2.05, 4.69) is 4.98 Å². The van der Waals surface area contributed by atoms with Gasteiger partial charge in [-0.3, -0.25) is 0 Å². The third kappa shape index (κ3) is 3.22. The van der Waals surface area contributed by atoms with Crippen LogP contribution in [0.1, 0.15) is 23.5 Å². The van der Waals surface area contributed by atoms with Gasteiger partial charge in [0.1, 0.15) is 5.82 Å². The standard InChI is InChI=1S/C13H15ClN2OS/c1-9(17)10-3-6-13(15-7-10)16(2)8-11-4-5-12(14)18-11/h3-7,9,17H,8H2,1-2H3/t9-/m0/s1. The van der Waals surface area contributed by atoms with Crippen LogP contribution in [0.3, 0.4) is 0 Å². The van der Waals surface area contributed by atoms with E-state index in [0.717, 1.165) is 22.3 Å². The number of thiophene rings is 1. The summed E-state index contributed by atoms with van der Waals surface area (Å²) in [5.74, 6) is 0.879. The van der Waals surface area contributed by atoms with Gasteiger partial charge in [-0.1, -0.05) is 17.7 Å². The zero-order valence-electron chi connectivity index (χ0n) is 10.3. The number of pyridine rings is 1. The van der Waals surface area contributed by atoms with Crippen molar-refractivity contribution in [1.82, 2.24) is 4.98 Å². The third-order valence-corrected chi connectivity index (χ3v) is 3.88. The monoisotopic (exact) mass is 282 g/mol. The largest absolute Gasteiger partial charge is 0.389 e. The Balaban J connectivity index is 2.06. The van der Waals surface area contributed by atoms with E-state index in [-0.39, 0.29) is 0 Å². The molecule has 0 saturated heterocycles. The number of rotatable bonds is 4. The van der Waals surface area contributed by atoms with Crippen molar-refractivity contribution < 1.29 is 5.11 Å². The van der Waals surface area contributed by atoms with Crippen LogP contribution < -0.4 is 4.90 Å². The maximum atomic E-state index is 9.42. The van der Waals surface area contributed by atoms with Gasteiger partial charge in [-0.05, 0) is 30.7 Å². The van der Waals surface area contributed by atoms with E-state index in [9.17, 15) is 5.11 Å². The van der Waals surface area contributed by atoms with Gasteiger partial charge in [-0.25, -0.2) is 4.98 Å². The molecule has 0 saturated carbocycles. The maximum absolute atomic E-state index is 9.42. The molecular weight excluding hydrogens is 268 g/mol. The minimum Gasteiger partial charge on any atom is -0.389 e. The van der Waals surface area contributed by atoms with Crippen LogP contribution in [-0.4, -0.2) is 17.1 Å². The van der Waals surface area contributed by atoms with Crippen LogP contribution >= 0.6 is 22.9 Å². The van der Waals surface area contributed by atoms with Crippen LogP contribution in [0.15, 0.2) is 30.5 Å². The second kappa shape index (κ2) is 5.69. The van der Waals surface area contributed by atoms with E-state index in [0.29, 0.717) is 0 Å². The molecule has 0 aliphatic rings. The summed E-state index contributed by atoms with van der Waals surface area (Å²) in [6.45, 7) is 2.51. The SMILES string of the molecule is C[C@H](O)c1ccc(N(C)Cc2ccc(Cl)s2)nc1. The zero-order valence-corrected chi connectivity index (χ0v) is 11.9. The van der Waals surface area contributed by atoms with Gasteiger partial charge in [0.2, 0.25) is 0 Å². The molecular formula is C13H15ClN2OS. The maximum Gasteiger partial charge on any atom is 0.128 e. The van der Waals surface area contributed by atoms with Crippen molar-refractivity contribution in [3.8, 4) is 0 Å². The van der Waals surface area contributed by atoms with Crippen molar-refractivity contribution >= 4 is 28.8 Å². The van der Waals surface area contributed by atoms with Gasteiger partial charge in [-0.15, -0.1) is 11.3 Å². The number of hydrogen-bond donors (Lipinski definition) is 1. The molecule has 0 aliphatic carbocycles. The zero-order chi connectivity index (χ0) is 13.1. The average Bonchev–Trinajstić information content (AvgIpc) is 2.75. The van der Waals surface area contributed by atoms with Gasteiger partial charge >= 0.3 is 0 Å². The van der Waals surface area contributed by atoms with E-state index in [1.54, 1.807) is 24.5 Å². The molecule has 0 spiro atoms. The summed E-state index contributed by atoms with van der Waals surface area (Å²) in [6.07, 6.45) is 1.23. The highest BCUT2D eigenvalue weighted by molar-refractivity contribution is 7.16. The Bertz CT molecular complexity index is 510. The predicted molar refractivity (Wildman–Crippen MR) is 76.3 cm³/mol. The van der Waals surface area contributed by atoms with E-state index >= 15 is 0 Å². The summed E-state index contributed by atoms with van der Waals surface area (Å²) in [5, 5.41) is 9.42. The molecule has 0 aromatic carbocycles. The lowest BCUT2D eigenvalue weighted by molar-refractivity contribution is 0.199. The van der Waals surface area contributed by atoms with Crippen LogP contribution in [0.25, 0.3) is 0 Å². The number of halogens is 1. The van der Waals surface area contributed by atoms with Crippen molar-refractivity contribution in [3.63, 3.8) is 0 Å². The Morgan fingerprint density at radius 3 is 2.67 bits per heavy atom. The smallest absolute Gasteiger partial charge is 0.128 e. The van der Waals surface area contributed by atoms with E-state index in [1.807, 2.05) is 36.2 Å². The first kappa shape index (κ1) is 13.3. The molecule has 0 bridgehead atoms. The molecule has 3 nitrogen and oxygen atoms in total. The lowest BCUT2D eigenvalue weighted by Crippen LogP contribution is -2.16. The molecule has 18 heavy (non-hydrogen) atoms. The number of nitrogens with zero attached hydrogens (tertiary/aromatic N) is 2. The first-order valence-corrected chi connectivity index (χ1v) is 6.85. The first-order chi connectivity index (χ1) is 8.56. The van der Waals surface area contributed by atoms with Crippen molar-refractivity contribution in [3.05, 3.63) is 45.2 Å². The van der Waals surface area contributed by atoms with Crippen molar-refractivity contribution in [1.29, 1.82) is 0 Å². The fraction of sp³-hybridized carbons (Fsp3) is 0.308. The highest BCUT2D eigenvalue weighted by atomic mass is 35.5. The van der Waals surface area contributed by atoms with Crippen LogP contribution in [0.2, 0.25) is 4.34 Å². The number of aliphatic hydroxyl groups excluding tert-OH is 1. The van der Waals surface area contributed by atoms with Crippen molar-refractivity contribution in [2.45, 2.75) is 19.6 Å². The minimum absolute atomic E-state index is 0.479. The minimum atomic E-state index is -0.479. The van der Waals surface area contributed by atoms with Crippen molar-refractivity contribution in [2.75, 3.05) is 11.9 Å². The fourth-order valence-corrected chi connectivity index (χ4v) is 2.76. The highest BCUT2D eigenvalue weighted by Crippen LogP contribution is 2.24. The fourth-order valence-electron chi connectivity index (χ4n) is 1.62. The van der Waals surface area contributed by atoms with Crippen LogP contribution in [0.4, 0.5) is 5.82 Å². The average molecular weight is 283 g/mol. The first-order valence-electron chi connectivity index (χ1n) is 5.65. The van der Waals surface area contributed by atoms with Gasteiger partial charge < -0.3 is 10.0 Å². The Labute approximate surface area is 116 Å². The summed E-state index contributed by atoms with van der Waals surface area (Å²) in [6, 6.07) is 7.73. The summed E-state index contributed by atoms with van der Waals surface area (Å²) in [5.41, 5.74) is 0.825. The lowest BCUT2D eigenvalue weighted by Gasteiger charge is -2.17. The van der Waals surface area contributed by atoms with Crippen LogP contribution in [0, 0.1) is 0 Å². The summed E-state index contributed by atoms with van der Waals surface area (Å²) in [4.78, 5) is 7.59. The summed E-state index contributed by atoms with van der Waals surface area (Å²) >= 11 is 7.48. The van der Waals surface area contributed by atoms with Gasteiger partial charge in [0.15, 0.2) is 0 Å². The summed E-state index contributed by atoms with van der Waals surface area (Å²) in [7, 11) is 1.98. The molecule has 0 amide bonds. The molecule has 5 heteroatoms. The third-order valence-electron chi connectivity index (χ3n) is 2.67. The molecule has 0 unspecified atom stereocenters. The molecule has 0 aliphatic heterocycles. The summed E-state index contributed by atoms with van der Waals surface area (Å²) < 4.78 is 0.802. The van der Waals surface area contributed by atoms with Crippen LogP contribution in [-0.2, 0) is 6.54 Å². The second-order valence-corrected chi connectivity index (χ2v) is 5.99. The Hall–Kier alpha value is -1.10. The molecule has 2 rings (SSSR count). The van der Waals surface area contributed by atoms with Crippen molar-refractivity contribution in [2.24, 2.45) is 0 Å². The van der Waals surface area contributed by atoms with E-state index in [4.69, 9.17) is 11.6 Å².